The van der Waals surface area contributed by atoms with Gasteiger partial charge in [-0.3, -0.25) is 19.9 Å². The van der Waals surface area contributed by atoms with Gasteiger partial charge in [0.25, 0.3) is 11.8 Å². The Morgan fingerprint density at radius 1 is 1.33 bits per heavy atom. The Labute approximate surface area is 121 Å². The summed E-state index contributed by atoms with van der Waals surface area (Å²) in [6, 6.07) is 3.17. The van der Waals surface area contributed by atoms with Gasteiger partial charge in [-0.05, 0) is 31.4 Å². The van der Waals surface area contributed by atoms with Gasteiger partial charge in [0.2, 0.25) is 0 Å². The molecule has 3 rings (SSSR count). The lowest BCUT2D eigenvalue weighted by molar-refractivity contribution is -0.125. The van der Waals surface area contributed by atoms with Crippen LogP contribution in [0.5, 0.6) is 0 Å². The molecule has 2 aliphatic heterocycles. The molecule has 0 aromatic carbocycles. The predicted octanol–water partition coefficient (Wildman–Crippen LogP) is 0.204. The van der Waals surface area contributed by atoms with E-state index in [2.05, 4.69) is 15.6 Å². The summed E-state index contributed by atoms with van der Waals surface area (Å²) in [6.07, 6.45) is 2.43. The van der Waals surface area contributed by atoms with Crippen LogP contribution in [0.1, 0.15) is 28.9 Å². The molecule has 3 heterocycles. The van der Waals surface area contributed by atoms with Gasteiger partial charge >= 0.3 is 6.03 Å². The van der Waals surface area contributed by atoms with E-state index in [1.807, 2.05) is 13.0 Å². The maximum Gasteiger partial charge on any atom is 0.322 e. The molecule has 0 atom stereocenters. The van der Waals surface area contributed by atoms with Crippen molar-refractivity contribution in [3.8, 4) is 0 Å². The molecule has 2 fully saturated rings. The molecule has 2 aliphatic rings. The normalized spacial score (nSPS) is 20.3. The van der Waals surface area contributed by atoms with Gasteiger partial charge in [-0.2, -0.15) is 0 Å². The summed E-state index contributed by atoms with van der Waals surface area (Å²) in [4.78, 5) is 41.4. The van der Waals surface area contributed by atoms with E-state index in [1.165, 1.54) is 0 Å². The van der Waals surface area contributed by atoms with Gasteiger partial charge < -0.3 is 10.2 Å². The third kappa shape index (κ3) is 2.24. The molecule has 2 saturated heterocycles. The summed E-state index contributed by atoms with van der Waals surface area (Å²) in [5, 5.41) is 4.93. The third-order valence-corrected chi connectivity index (χ3v) is 4.13. The van der Waals surface area contributed by atoms with Gasteiger partial charge in [-0.15, -0.1) is 0 Å². The number of pyridine rings is 1. The number of piperidine rings is 1. The minimum absolute atomic E-state index is 0.132. The van der Waals surface area contributed by atoms with Crippen molar-refractivity contribution >= 4 is 17.8 Å². The summed E-state index contributed by atoms with van der Waals surface area (Å²) in [6.45, 7) is 2.68. The van der Waals surface area contributed by atoms with Crippen LogP contribution in [-0.2, 0) is 4.79 Å². The van der Waals surface area contributed by atoms with Gasteiger partial charge in [-0.25, -0.2) is 4.79 Å². The summed E-state index contributed by atoms with van der Waals surface area (Å²) in [5.41, 5.74) is 0.413. The third-order valence-electron chi connectivity index (χ3n) is 4.13. The Balaban J connectivity index is 1.72. The van der Waals surface area contributed by atoms with Crippen molar-refractivity contribution in [3.05, 3.63) is 29.6 Å². The fraction of sp³-hybridized carbons (Fsp3) is 0.429. The predicted molar refractivity (Wildman–Crippen MR) is 73.5 cm³/mol. The average Bonchev–Trinajstić information content (AvgIpc) is 2.74. The number of aryl methyl sites for hydroxylation is 1. The maximum atomic E-state index is 12.4. The molecule has 4 amide bonds. The molecule has 110 valence electrons. The van der Waals surface area contributed by atoms with E-state index in [-0.39, 0.29) is 11.8 Å². The van der Waals surface area contributed by atoms with Crippen LogP contribution < -0.4 is 10.6 Å². The molecule has 1 aromatic rings. The number of hydrogen-bond acceptors (Lipinski definition) is 4. The molecule has 2 N–H and O–H groups in total. The fourth-order valence-corrected chi connectivity index (χ4v) is 2.83. The number of carbonyl (C=O) groups is 3. The van der Waals surface area contributed by atoms with E-state index in [0.717, 1.165) is 5.56 Å². The van der Waals surface area contributed by atoms with Crippen molar-refractivity contribution < 1.29 is 14.4 Å². The zero-order valence-corrected chi connectivity index (χ0v) is 11.7. The van der Waals surface area contributed by atoms with Crippen LogP contribution in [0.25, 0.3) is 0 Å². The SMILES string of the molecule is Cc1cccnc1C(=O)N1CCC2(CC1)NC(=O)NC2=O. The molecule has 1 spiro atoms. The van der Waals surface area contributed by atoms with Crippen LogP contribution in [0.2, 0.25) is 0 Å². The lowest BCUT2D eigenvalue weighted by atomic mass is 9.87. The van der Waals surface area contributed by atoms with Gasteiger partial charge in [0, 0.05) is 19.3 Å². The fourth-order valence-electron chi connectivity index (χ4n) is 2.83. The quantitative estimate of drug-likeness (QED) is 0.722. The van der Waals surface area contributed by atoms with Gasteiger partial charge in [-0.1, -0.05) is 6.07 Å². The second-order valence-electron chi connectivity index (χ2n) is 5.45. The number of hydrogen-bond donors (Lipinski definition) is 2. The largest absolute Gasteiger partial charge is 0.337 e. The molecule has 0 saturated carbocycles. The van der Waals surface area contributed by atoms with Crippen molar-refractivity contribution in [1.82, 2.24) is 20.5 Å². The molecule has 0 unspecified atom stereocenters. The first kappa shape index (κ1) is 13.5. The van der Waals surface area contributed by atoms with Gasteiger partial charge in [0.1, 0.15) is 11.2 Å². The van der Waals surface area contributed by atoms with E-state index in [0.29, 0.717) is 31.6 Å². The molecule has 0 radical (unpaired) electrons. The first-order valence-corrected chi connectivity index (χ1v) is 6.86. The molecule has 7 heteroatoms. The number of rotatable bonds is 1. The molecule has 0 bridgehead atoms. The van der Waals surface area contributed by atoms with Crippen LogP contribution in [0.15, 0.2) is 18.3 Å². The number of nitrogens with zero attached hydrogens (tertiary/aromatic N) is 2. The van der Waals surface area contributed by atoms with Crippen LogP contribution >= 0.6 is 0 Å². The highest BCUT2D eigenvalue weighted by Gasteiger charge is 2.48. The number of amides is 4. The van der Waals surface area contributed by atoms with Crippen LogP contribution in [0.3, 0.4) is 0 Å². The number of likely N-dealkylation sites (tertiary alicyclic amines) is 1. The van der Waals surface area contributed by atoms with Gasteiger partial charge in [0.15, 0.2) is 0 Å². The summed E-state index contributed by atoms with van der Waals surface area (Å²) in [7, 11) is 0. The first-order valence-electron chi connectivity index (χ1n) is 6.86. The molecular formula is C14H16N4O3. The monoisotopic (exact) mass is 288 g/mol. The zero-order chi connectivity index (χ0) is 15.0. The smallest absolute Gasteiger partial charge is 0.322 e. The minimum Gasteiger partial charge on any atom is -0.337 e. The van der Waals surface area contributed by atoms with Crippen LogP contribution in [0, 0.1) is 6.92 Å². The van der Waals surface area contributed by atoms with Crippen molar-refractivity contribution in [2.75, 3.05) is 13.1 Å². The molecule has 21 heavy (non-hydrogen) atoms. The highest BCUT2D eigenvalue weighted by atomic mass is 16.2. The topological polar surface area (TPSA) is 91.4 Å². The maximum absolute atomic E-state index is 12.4. The van der Waals surface area contributed by atoms with E-state index in [4.69, 9.17) is 0 Å². The van der Waals surface area contributed by atoms with E-state index in [9.17, 15) is 14.4 Å². The highest BCUT2D eigenvalue weighted by Crippen LogP contribution is 2.26. The van der Waals surface area contributed by atoms with E-state index < -0.39 is 11.6 Å². The summed E-state index contributed by atoms with van der Waals surface area (Å²) in [5.74, 6) is -0.429. The van der Waals surface area contributed by atoms with Crippen LogP contribution in [0.4, 0.5) is 4.79 Å². The Bertz CT molecular complexity index is 620. The molecule has 7 nitrogen and oxygen atoms in total. The van der Waals surface area contributed by atoms with Crippen molar-refractivity contribution in [3.63, 3.8) is 0 Å². The van der Waals surface area contributed by atoms with E-state index in [1.54, 1.807) is 17.2 Å². The highest BCUT2D eigenvalue weighted by molar-refractivity contribution is 6.07. The van der Waals surface area contributed by atoms with Gasteiger partial charge in [0.05, 0.1) is 0 Å². The Kier molecular flexibility index (Phi) is 3.12. The Morgan fingerprint density at radius 3 is 2.62 bits per heavy atom. The van der Waals surface area contributed by atoms with Crippen molar-refractivity contribution in [2.45, 2.75) is 25.3 Å². The lowest BCUT2D eigenvalue weighted by Gasteiger charge is -2.36. The summed E-state index contributed by atoms with van der Waals surface area (Å²) < 4.78 is 0. The number of imide groups is 1. The average molecular weight is 288 g/mol. The second-order valence-corrected chi connectivity index (χ2v) is 5.45. The van der Waals surface area contributed by atoms with Crippen molar-refractivity contribution in [1.29, 1.82) is 0 Å². The Hall–Kier alpha value is -2.44. The second kappa shape index (κ2) is 4.83. The number of aromatic nitrogens is 1. The van der Waals surface area contributed by atoms with Crippen LogP contribution in [-0.4, -0.2) is 46.4 Å². The lowest BCUT2D eigenvalue weighted by Crippen LogP contribution is -2.55. The molecule has 1 aromatic heterocycles. The Morgan fingerprint density at radius 2 is 2.05 bits per heavy atom. The number of urea groups is 1. The van der Waals surface area contributed by atoms with Crippen molar-refractivity contribution in [2.24, 2.45) is 0 Å². The standard InChI is InChI=1S/C14H16N4O3/c1-9-3-2-6-15-10(9)11(19)18-7-4-14(5-8-18)12(20)16-13(21)17-14/h2-3,6H,4-5,7-8H2,1H3,(H2,16,17,20,21). The minimum atomic E-state index is -0.854. The van der Waals surface area contributed by atoms with E-state index >= 15 is 0 Å². The zero-order valence-electron chi connectivity index (χ0n) is 11.7. The number of nitrogens with one attached hydrogen (secondary N) is 2. The molecule has 0 aliphatic carbocycles. The molecular weight excluding hydrogens is 272 g/mol. The number of carbonyl (C=O) groups excluding carboxylic acids is 3. The first-order chi connectivity index (χ1) is 10.0. The summed E-state index contributed by atoms with van der Waals surface area (Å²) >= 11 is 0.